The average molecular weight is 421 g/mol. The monoisotopic (exact) mass is 420 g/mol. The number of carbonyl (C=O) groups excluding carboxylic acids is 1. The maximum absolute atomic E-state index is 14.4. The van der Waals surface area contributed by atoms with Crippen LogP contribution in [0.25, 0.3) is 11.0 Å². The number of benzene rings is 2. The van der Waals surface area contributed by atoms with E-state index in [1.807, 2.05) is 53.8 Å². The fourth-order valence-corrected chi connectivity index (χ4v) is 4.92. The molecular formula is C25H29FN4O. The standard InChI is InChI=1S/C25H29FN4O/c1-17-27-23-8-4-7-22(26)24(23)30(17)15-18-9-11-19(12-10-18)25(31)28(2)21-13-14-29(16-21)20-5-3-6-20/h4,7-12,20-21H,3,5-6,13-16H2,1-2H3. The predicted octanol–water partition coefficient (Wildman–Crippen LogP) is 4.23. The van der Waals surface area contributed by atoms with E-state index in [1.54, 1.807) is 6.07 Å². The Morgan fingerprint density at radius 2 is 1.94 bits per heavy atom. The van der Waals surface area contributed by atoms with E-state index in [1.165, 1.54) is 25.3 Å². The molecule has 2 fully saturated rings. The maximum atomic E-state index is 14.4. The summed E-state index contributed by atoms with van der Waals surface area (Å²) in [5.41, 5.74) is 2.91. The number of nitrogens with zero attached hydrogens (tertiary/aromatic N) is 4. The summed E-state index contributed by atoms with van der Waals surface area (Å²) in [7, 11) is 1.93. The molecule has 162 valence electrons. The molecule has 2 aliphatic rings. The Bertz CT molecular complexity index is 1100. The minimum absolute atomic E-state index is 0.0716. The lowest BCUT2D eigenvalue weighted by Gasteiger charge is -2.35. The number of hydrogen-bond donors (Lipinski definition) is 0. The van der Waals surface area contributed by atoms with Crippen molar-refractivity contribution in [3.8, 4) is 0 Å². The lowest BCUT2D eigenvalue weighted by atomic mass is 9.92. The Morgan fingerprint density at radius 1 is 1.16 bits per heavy atom. The van der Waals surface area contributed by atoms with Gasteiger partial charge in [0, 0.05) is 44.3 Å². The maximum Gasteiger partial charge on any atom is 0.253 e. The molecule has 2 aromatic carbocycles. The van der Waals surface area contributed by atoms with Crippen LogP contribution in [0.3, 0.4) is 0 Å². The Kier molecular flexibility index (Phi) is 5.26. The molecule has 0 spiro atoms. The van der Waals surface area contributed by atoms with Gasteiger partial charge in [-0.2, -0.15) is 0 Å². The quantitative estimate of drug-likeness (QED) is 0.620. The molecule has 1 aliphatic heterocycles. The van der Waals surface area contributed by atoms with Crippen molar-refractivity contribution in [1.82, 2.24) is 19.4 Å². The van der Waals surface area contributed by atoms with Crippen molar-refractivity contribution in [3.05, 3.63) is 65.2 Å². The third-order valence-corrected chi connectivity index (χ3v) is 7.10. The average Bonchev–Trinajstić information content (AvgIpc) is 3.32. The molecule has 2 heterocycles. The van der Waals surface area contributed by atoms with E-state index in [9.17, 15) is 9.18 Å². The van der Waals surface area contributed by atoms with E-state index >= 15 is 0 Å². The van der Waals surface area contributed by atoms with Crippen molar-refractivity contribution in [2.75, 3.05) is 20.1 Å². The number of hydrogen-bond acceptors (Lipinski definition) is 3. The SMILES string of the molecule is Cc1nc2cccc(F)c2n1Cc1ccc(C(=O)N(C)C2CCN(C3CCC3)C2)cc1. The molecule has 1 unspecified atom stereocenters. The van der Waals surface area contributed by atoms with Gasteiger partial charge in [0.2, 0.25) is 0 Å². The van der Waals surface area contributed by atoms with Crippen LogP contribution in [0.1, 0.15) is 47.4 Å². The van der Waals surface area contributed by atoms with Gasteiger partial charge in [-0.3, -0.25) is 9.69 Å². The first-order valence-electron chi connectivity index (χ1n) is 11.2. The number of amides is 1. The van der Waals surface area contributed by atoms with Crippen molar-refractivity contribution in [2.24, 2.45) is 0 Å². The molecule has 31 heavy (non-hydrogen) atoms. The molecule has 1 aliphatic carbocycles. The lowest BCUT2D eigenvalue weighted by Crippen LogP contribution is -2.43. The molecule has 5 nitrogen and oxygen atoms in total. The Hall–Kier alpha value is -2.73. The van der Waals surface area contributed by atoms with Crippen LogP contribution in [0.5, 0.6) is 0 Å². The van der Waals surface area contributed by atoms with Crippen molar-refractivity contribution in [1.29, 1.82) is 0 Å². The topological polar surface area (TPSA) is 41.4 Å². The Morgan fingerprint density at radius 3 is 2.65 bits per heavy atom. The van der Waals surface area contributed by atoms with Gasteiger partial charge in [0.25, 0.3) is 5.91 Å². The van der Waals surface area contributed by atoms with Gasteiger partial charge in [-0.15, -0.1) is 0 Å². The lowest BCUT2D eigenvalue weighted by molar-refractivity contribution is 0.0720. The predicted molar refractivity (Wildman–Crippen MR) is 120 cm³/mol. The second-order valence-electron chi connectivity index (χ2n) is 8.99. The van der Waals surface area contributed by atoms with Gasteiger partial charge in [0.1, 0.15) is 17.2 Å². The normalized spacial score (nSPS) is 19.6. The van der Waals surface area contributed by atoms with E-state index in [-0.39, 0.29) is 17.8 Å². The van der Waals surface area contributed by atoms with Crippen LogP contribution >= 0.6 is 0 Å². The van der Waals surface area contributed by atoms with E-state index in [4.69, 9.17) is 0 Å². The number of likely N-dealkylation sites (tertiary alicyclic amines) is 1. The van der Waals surface area contributed by atoms with E-state index in [0.717, 1.165) is 36.9 Å². The highest BCUT2D eigenvalue weighted by molar-refractivity contribution is 5.94. The number of carbonyl (C=O) groups is 1. The highest BCUT2D eigenvalue weighted by Crippen LogP contribution is 2.29. The first-order chi connectivity index (χ1) is 15.0. The van der Waals surface area contributed by atoms with Crippen LogP contribution in [-0.2, 0) is 6.54 Å². The fraction of sp³-hybridized carbons (Fsp3) is 0.440. The number of aromatic nitrogens is 2. The zero-order valence-electron chi connectivity index (χ0n) is 18.2. The zero-order valence-corrected chi connectivity index (χ0v) is 18.2. The number of imidazole rings is 1. The first-order valence-corrected chi connectivity index (χ1v) is 11.2. The van der Waals surface area contributed by atoms with Gasteiger partial charge in [0.15, 0.2) is 0 Å². The van der Waals surface area contributed by atoms with E-state index in [0.29, 0.717) is 23.1 Å². The molecule has 1 saturated heterocycles. The second-order valence-corrected chi connectivity index (χ2v) is 8.99. The van der Waals surface area contributed by atoms with Crippen LogP contribution < -0.4 is 0 Å². The summed E-state index contributed by atoms with van der Waals surface area (Å²) in [4.78, 5) is 22.0. The van der Waals surface area contributed by atoms with Crippen LogP contribution in [-0.4, -0.2) is 57.5 Å². The molecule has 0 bridgehead atoms. The molecule has 3 aromatic rings. The number of likely N-dealkylation sites (N-methyl/N-ethyl adjacent to an activating group) is 1. The summed E-state index contributed by atoms with van der Waals surface area (Å²) in [6.45, 7) is 4.50. The van der Waals surface area contributed by atoms with Crippen molar-refractivity contribution >= 4 is 16.9 Å². The number of para-hydroxylation sites is 1. The number of fused-ring (bicyclic) bond motifs is 1. The molecule has 0 N–H and O–H groups in total. The van der Waals surface area contributed by atoms with Crippen LogP contribution in [0.4, 0.5) is 4.39 Å². The van der Waals surface area contributed by atoms with Gasteiger partial charge in [0.05, 0.1) is 5.52 Å². The smallest absolute Gasteiger partial charge is 0.253 e. The summed E-state index contributed by atoms with van der Waals surface area (Å²) in [5.74, 6) is 0.582. The minimum atomic E-state index is -0.265. The van der Waals surface area contributed by atoms with Crippen molar-refractivity contribution in [3.63, 3.8) is 0 Å². The molecule has 5 rings (SSSR count). The summed E-state index contributed by atoms with van der Waals surface area (Å²) in [6, 6.07) is 13.7. The minimum Gasteiger partial charge on any atom is -0.337 e. The summed E-state index contributed by atoms with van der Waals surface area (Å²) in [6.07, 6.45) is 5.01. The van der Waals surface area contributed by atoms with E-state index in [2.05, 4.69) is 9.88 Å². The fourth-order valence-electron chi connectivity index (χ4n) is 4.92. The highest BCUT2D eigenvalue weighted by Gasteiger charge is 2.34. The Labute approximate surface area is 182 Å². The summed E-state index contributed by atoms with van der Waals surface area (Å²) < 4.78 is 16.2. The third kappa shape index (κ3) is 3.74. The number of aryl methyl sites for hydroxylation is 1. The van der Waals surface area contributed by atoms with Crippen LogP contribution in [0, 0.1) is 12.7 Å². The number of halogens is 1. The molecule has 1 atom stereocenters. The first kappa shape index (κ1) is 20.2. The van der Waals surface area contributed by atoms with Gasteiger partial charge in [-0.25, -0.2) is 9.37 Å². The van der Waals surface area contributed by atoms with Gasteiger partial charge in [-0.1, -0.05) is 24.6 Å². The second kappa shape index (κ2) is 8.08. The molecule has 1 amide bonds. The van der Waals surface area contributed by atoms with Crippen LogP contribution in [0.2, 0.25) is 0 Å². The van der Waals surface area contributed by atoms with Crippen LogP contribution in [0.15, 0.2) is 42.5 Å². The Balaban J connectivity index is 1.28. The highest BCUT2D eigenvalue weighted by atomic mass is 19.1. The summed E-state index contributed by atoms with van der Waals surface area (Å²) in [5, 5.41) is 0. The van der Waals surface area contributed by atoms with Gasteiger partial charge < -0.3 is 9.47 Å². The van der Waals surface area contributed by atoms with Crippen molar-refractivity contribution in [2.45, 2.75) is 51.2 Å². The summed E-state index contributed by atoms with van der Waals surface area (Å²) >= 11 is 0. The largest absolute Gasteiger partial charge is 0.337 e. The van der Waals surface area contributed by atoms with E-state index < -0.39 is 0 Å². The molecule has 1 saturated carbocycles. The molecule has 6 heteroatoms. The number of rotatable bonds is 5. The molecule has 0 radical (unpaired) electrons. The molecule has 1 aromatic heterocycles. The van der Waals surface area contributed by atoms with Crippen molar-refractivity contribution < 1.29 is 9.18 Å². The third-order valence-electron chi connectivity index (χ3n) is 7.10. The molecular weight excluding hydrogens is 391 g/mol. The zero-order chi connectivity index (χ0) is 21.5. The van der Waals surface area contributed by atoms with Gasteiger partial charge >= 0.3 is 0 Å². The van der Waals surface area contributed by atoms with Gasteiger partial charge in [-0.05, 0) is 56.0 Å².